The summed E-state index contributed by atoms with van der Waals surface area (Å²) in [5.74, 6) is 0.311. The van der Waals surface area contributed by atoms with Crippen LogP contribution in [-0.4, -0.2) is 15.0 Å². The molecule has 1 atom stereocenters. The van der Waals surface area contributed by atoms with Crippen molar-refractivity contribution in [2.24, 2.45) is 0 Å². The second-order valence-electron chi connectivity index (χ2n) is 6.01. The van der Waals surface area contributed by atoms with Crippen LogP contribution in [0.3, 0.4) is 0 Å². The molecule has 0 saturated carbocycles. The van der Waals surface area contributed by atoms with Gasteiger partial charge in [-0.3, -0.25) is 0 Å². The summed E-state index contributed by atoms with van der Waals surface area (Å²) in [5.41, 5.74) is 12.9. The summed E-state index contributed by atoms with van der Waals surface area (Å²) in [6.07, 6.45) is 1.86. The first-order valence-corrected chi connectivity index (χ1v) is 7.19. The number of hydrogen-bond acceptors (Lipinski definition) is 6. The third-order valence-corrected chi connectivity index (χ3v) is 3.74. The molecule has 6 nitrogen and oxygen atoms in total. The number of halogens is 1. The number of rotatable bonds is 3. The maximum Gasteiger partial charge on any atom is 0.228 e. The first kappa shape index (κ1) is 14.5. The third kappa shape index (κ3) is 2.79. The number of benzene rings is 1. The fourth-order valence-electron chi connectivity index (χ4n) is 2.65. The van der Waals surface area contributed by atoms with E-state index in [1.807, 2.05) is 18.2 Å². The Kier molecular flexibility index (Phi) is 3.35. The highest BCUT2D eigenvalue weighted by Gasteiger charge is 2.27. The molecule has 0 saturated heterocycles. The van der Waals surface area contributed by atoms with E-state index < -0.39 is 5.67 Å². The molecule has 1 aliphatic rings. The molecule has 1 heterocycles. The molecule has 116 valence electrons. The van der Waals surface area contributed by atoms with Gasteiger partial charge < -0.3 is 16.8 Å². The lowest BCUT2D eigenvalue weighted by atomic mass is 10.1. The number of nitrogens with zero attached hydrogens (tertiary/aromatic N) is 3. The summed E-state index contributed by atoms with van der Waals surface area (Å²) in [5, 5.41) is 3.21. The molecule has 3 rings (SSSR count). The Morgan fingerprint density at radius 3 is 2.73 bits per heavy atom. The molecule has 5 N–H and O–H groups in total. The molecule has 22 heavy (non-hydrogen) atoms. The lowest BCUT2D eigenvalue weighted by Gasteiger charge is -2.17. The maximum absolute atomic E-state index is 14.0. The number of alkyl halides is 1. The average Bonchev–Trinajstić information content (AvgIpc) is 2.80. The molecule has 0 radical (unpaired) electrons. The van der Waals surface area contributed by atoms with Crippen LogP contribution in [0.1, 0.15) is 43.3 Å². The molecule has 7 heteroatoms. The van der Waals surface area contributed by atoms with Crippen molar-refractivity contribution in [3.63, 3.8) is 0 Å². The molecule has 1 aromatic carbocycles. The number of aryl methyl sites for hydroxylation is 1. The normalized spacial score (nSPS) is 17.3. The molecule has 2 aromatic rings. The van der Waals surface area contributed by atoms with E-state index in [0.717, 1.165) is 18.4 Å². The molecule has 1 aromatic heterocycles. The molecular weight excluding hydrogens is 283 g/mol. The van der Waals surface area contributed by atoms with Crippen LogP contribution in [0.2, 0.25) is 0 Å². The minimum atomic E-state index is -1.68. The van der Waals surface area contributed by atoms with Crippen LogP contribution in [0.15, 0.2) is 18.2 Å². The number of nitrogens with one attached hydrogen (secondary N) is 1. The number of hydrogen-bond donors (Lipinski definition) is 3. The van der Waals surface area contributed by atoms with Crippen LogP contribution in [0.4, 0.5) is 22.0 Å². The van der Waals surface area contributed by atoms with Gasteiger partial charge in [-0.15, -0.1) is 0 Å². The van der Waals surface area contributed by atoms with Gasteiger partial charge in [0.05, 0.1) is 6.04 Å². The number of nitrogens with two attached hydrogens (primary N) is 2. The summed E-state index contributed by atoms with van der Waals surface area (Å²) in [7, 11) is 0. The van der Waals surface area contributed by atoms with Gasteiger partial charge in [0.15, 0.2) is 11.5 Å². The predicted molar refractivity (Wildman–Crippen MR) is 83.9 cm³/mol. The second-order valence-corrected chi connectivity index (χ2v) is 6.01. The SMILES string of the molecule is CC(C)(F)c1nc(N)nc(NC2CCc3ccc(N)cc32)n1. The minimum absolute atomic E-state index is 0.00372. The van der Waals surface area contributed by atoms with Gasteiger partial charge in [0.1, 0.15) is 0 Å². The number of aromatic nitrogens is 3. The maximum atomic E-state index is 14.0. The van der Waals surface area contributed by atoms with Gasteiger partial charge >= 0.3 is 0 Å². The summed E-state index contributed by atoms with van der Waals surface area (Å²) < 4.78 is 14.0. The Morgan fingerprint density at radius 2 is 2.00 bits per heavy atom. The largest absolute Gasteiger partial charge is 0.399 e. The number of anilines is 3. The van der Waals surface area contributed by atoms with E-state index in [1.165, 1.54) is 19.4 Å². The highest BCUT2D eigenvalue weighted by atomic mass is 19.1. The van der Waals surface area contributed by atoms with Crippen molar-refractivity contribution in [2.75, 3.05) is 16.8 Å². The van der Waals surface area contributed by atoms with E-state index in [0.29, 0.717) is 5.69 Å². The molecule has 1 unspecified atom stereocenters. The lowest BCUT2D eigenvalue weighted by molar-refractivity contribution is 0.206. The van der Waals surface area contributed by atoms with Gasteiger partial charge in [0.2, 0.25) is 11.9 Å². The zero-order valence-corrected chi connectivity index (χ0v) is 12.6. The zero-order valence-electron chi connectivity index (χ0n) is 12.6. The Hall–Kier alpha value is -2.44. The fourth-order valence-corrected chi connectivity index (χ4v) is 2.65. The van der Waals surface area contributed by atoms with Crippen LogP contribution >= 0.6 is 0 Å². The van der Waals surface area contributed by atoms with E-state index in [-0.39, 0.29) is 23.8 Å². The molecule has 0 spiro atoms. The molecule has 0 bridgehead atoms. The Balaban J connectivity index is 1.89. The Labute approximate surface area is 128 Å². The average molecular weight is 302 g/mol. The predicted octanol–water partition coefficient (Wildman–Crippen LogP) is 2.34. The molecular formula is C15H19FN6. The topological polar surface area (TPSA) is 103 Å². The van der Waals surface area contributed by atoms with Gasteiger partial charge in [0.25, 0.3) is 0 Å². The van der Waals surface area contributed by atoms with E-state index in [2.05, 4.69) is 20.3 Å². The van der Waals surface area contributed by atoms with Crippen molar-refractivity contribution in [3.8, 4) is 0 Å². The van der Waals surface area contributed by atoms with Gasteiger partial charge in [-0.2, -0.15) is 15.0 Å². The molecule has 0 amide bonds. The summed E-state index contributed by atoms with van der Waals surface area (Å²) >= 11 is 0. The second kappa shape index (κ2) is 5.08. The highest BCUT2D eigenvalue weighted by molar-refractivity contribution is 5.50. The summed E-state index contributed by atoms with van der Waals surface area (Å²) in [6, 6.07) is 5.91. The number of nitrogen functional groups attached to an aromatic ring is 2. The van der Waals surface area contributed by atoms with Crippen LogP contribution in [-0.2, 0) is 12.1 Å². The van der Waals surface area contributed by atoms with E-state index >= 15 is 0 Å². The summed E-state index contributed by atoms with van der Waals surface area (Å²) in [6.45, 7) is 2.77. The number of fused-ring (bicyclic) bond motifs is 1. The highest BCUT2D eigenvalue weighted by Crippen LogP contribution is 2.34. The van der Waals surface area contributed by atoms with Gasteiger partial charge in [-0.25, -0.2) is 4.39 Å². The molecule has 0 aliphatic heterocycles. The van der Waals surface area contributed by atoms with Gasteiger partial charge in [-0.05, 0) is 49.9 Å². The van der Waals surface area contributed by atoms with Crippen molar-refractivity contribution in [2.45, 2.75) is 38.4 Å². The van der Waals surface area contributed by atoms with Crippen LogP contribution < -0.4 is 16.8 Å². The Morgan fingerprint density at radius 1 is 1.23 bits per heavy atom. The van der Waals surface area contributed by atoms with E-state index in [4.69, 9.17) is 11.5 Å². The first-order chi connectivity index (χ1) is 10.3. The van der Waals surface area contributed by atoms with Crippen LogP contribution in [0.25, 0.3) is 0 Å². The minimum Gasteiger partial charge on any atom is -0.399 e. The monoisotopic (exact) mass is 302 g/mol. The van der Waals surface area contributed by atoms with Crippen LogP contribution in [0, 0.1) is 0 Å². The van der Waals surface area contributed by atoms with Crippen molar-refractivity contribution in [3.05, 3.63) is 35.2 Å². The summed E-state index contributed by atoms with van der Waals surface area (Å²) in [4.78, 5) is 12.1. The smallest absolute Gasteiger partial charge is 0.228 e. The Bertz CT molecular complexity index is 710. The van der Waals surface area contributed by atoms with Gasteiger partial charge in [-0.1, -0.05) is 6.07 Å². The zero-order chi connectivity index (χ0) is 15.9. The molecule has 1 aliphatic carbocycles. The standard InChI is InChI=1S/C15H19FN6/c1-15(2,16)12-20-13(18)22-14(21-12)19-11-6-4-8-3-5-9(17)7-10(8)11/h3,5,7,11H,4,6,17H2,1-2H3,(H3,18,19,20,21,22). The quantitative estimate of drug-likeness (QED) is 0.752. The lowest BCUT2D eigenvalue weighted by Crippen LogP contribution is -2.19. The van der Waals surface area contributed by atoms with E-state index in [1.54, 1.807) is 0 Å². The van der Waals surface area contributed by atoms with E-state index in [9.17, 15) is 4.39 Å². The van der Waals surface area contributed by atoms with Crippen molar-refractivity contribution >= 4 is 17.6 Å². The molecule has 0 fully saturated rings. The van der Waals surface area contributed by atoms with Crippen molar-refractivity contribution in [1.29, 1.82) is 0 Å². The fraction of sp³-hybridized carbons (Fsp3) is 0.400. The van der Waals surface area contributed by atoms with Crippen LogP contribution in [0.5, 0.6) is 0 Å². The third-order valence-electron chi connectivity index (χ3n) is 3.74. The van der Waals surface area contributed by atoms with Gasteiger partial charge in [0, 0.05) is 5.69 Å². The van der Waals surface area contributed by atoms with Crippen molar-refractivity contribution < 1.29 is 4.39 Å². The first-order valence-electron chi connectivity index (χ1n) is 7.19. The van der Waals surface area contributed by atoms with Crippen molar-refractivity contribution in [1.82, 2.24) is 15.0 Å².